The zero-order chi connectivity index (χ0) is 16.5. The van der Waals surface area contributed by atoms with E-state index in [2.05, 4.69) is 27.5 Å². The van der Waals surface area contributed by atoms with Gasteiger partial charge in [0.15, 0.2) is 0 Å². The van der Waals surface area contributed by atoms with E-state index in [0.717, 1.165) is 17.7 Å². The van der Waals surface area contributed by atoms with E-state index < -0.39 is 0 Å². The van der Waals surface area contributed by atoms with Crippen molar-refractivity contribution >= 4 is 5.91 Å². The van der Waals surface area contributed by atoms with Crippen LogP contribution in [-0.2, 0) is 0 Å². The topological polar surface area (TPSA) is 59.8 Å². The van der Waals surface area contributed by atoms with Crippen LogP contribution in [-0.4, -0.2) is 26.7 Å². The van der Waals surface area contributed by atoms with E-state index in [1.165, 1.54) is 11.9 Å². The largest absolute Gasteiger partial charge is 0.349 e. The summed E-state index contributed by atoms with van der Waals surface area (Å²) in [6, 6.07) is 16.3. The highest BCUT2D eigenvalue weighted by molar-refractivity contribution is 5.96. The van der Waals surface area contributed by atoms with Crippen LogP contribution in [0.1, 0.15) is 33.8 Å². The Labute approximate surface area is 140 Å². The Morgan fingerprint density at radius 2 is 2.04 bits per heavy atom. The van der Waals surface area contributed by atoms with Crippen LogP contribution in [0.25, 0.3) is 5.69 Å². The van der Waals surface area contributed by atoms with Crippen molar-refractivity contribution in [1.82, 2.24) is 20.1 Å². The number of hydrogen-bond donors (Lipinski definition) is 1. The van der Waals surface area contributed by atoms with E-state index in [-0.39, 0.29) is 11.9 Å². The van der Waals surface area contributed by atoms with Crippen molar-refractivity contribution in [2.24, 2.45) is 0 Å². The summed E-state index contributed by atoms with van der Waals surface area (Å²) in [5.74, 6) is 0.422. The highest BCUT2D eigenvalue weighted by Crippen LogP contribution is 2.40. The van der Waals surface area contributed by atoms with Crippen molar-refractivity contribution in [3.05, 3.63) is 77.9 Å². The van der Waals surface area contributed by atoms with Crippen LogP contribution in [0.2, 0.25) is 0 Å². The maximum absolute atomic E-state index is 12.5. The highest BCUT2D eigenvalue weighted by Gasteiger charge is 2.39. The SMILES string of the molecule is Cc1cc(-n2cncn2)ccc1C(=O)N[C@@H]1C[C@@H]1c1ccccc1. The van der Waals surface area contributed by atoms with Crippen LogP contribution in [0, 0.1) is 6.92 Å². The minimum atomic E-state index is -0.0129. The van der Waals surface area contributed by atoms with E-state index in [9.17, 15) is 4.79 Å². The molecule has 1 fully saturated rings. The molecule has 3 aromatic rings. The Morgan fingerprint density at radius 1 is 1.21 bits per heavy atom. The minimum Gasteiger partial charge on any atom is -0.349 e. The lowest BCUT2D eigenvalue weighted by Crippen LogP contribution is -2.27. The second-order valence-electron chi connectivity index (χ2n) is 6.17. The summed E-state index contributed by atoms with van der Waals surface area (Å²) in [4.78, 5) is 16.5. The smallest absolute Gasteiger partial charge is 0.251 e. The van der Waals surface area contributed by atoms with Crippen molar-refractivity contribution in [3.8, 4) is 5.69 Å². The average molecular weight is 318 g/mol. The van der Waals surface area contributed by atoms with Gasteiger partial charge in [-0.1, -0.05) is 30.3 Å². The fourth-order valence-electron chi connectivity index (χ4n) is 3.06. The maximum Gasteiger partial charge on any atom is 0.251 e. The van der Waals surface area contributed by atoms with E-state index in [0.29, 0.717) is 11.5 Å². The van der Waals surface area contributed by atoms with E-state index in [1.807, 2.05) is 43.3 Å². The Kier molecular flexibility index (Phi) is 3.61. The number of carbonyl (C=O) groups excluding carboxylic acids is 1. The van der Waals surface area contributed by atoms with Gasteiger partial charge in [0, 0.05) is 17.5 Å². The van der Waals surface area contributed by atoms with Gasteiger partial charge in [0.05, 0.1) is 5.69 Å². The second kappa shape index (κ2) is 5.92. The Balaban J connectivity index is 1.46. The Hall–Kier alpha value is -2.95. The van der Waals surface area contributed by atoms with Crippen molar-refractivity contribution in [1.29, 1.82) is 0 Å². The average Bonchev–Trinajstić information content (AvgIpc) is 3.14. The molecule has 5 heteroatoms. The molecule has 0 saturated heterocycles. The predicted molar refractivity (Wildman–Crippen MR) is 91.2 cm³/mol. The standard InChI is InChI=1S/C19H18N4O/c1-13-9-15(23-12-20-11-21-23)7-8-16(13)19(24)22-18-10-17(18)14-5-3-2-4-6-14/h2-9,11-12,17-18H,10H2,1H3,(H,22,24)/t17-,18-/m1/s1. The van der Waals surface area contributed by atoms with Crippen LogP contribution in [0.3, 0.4) is 0 Å². The van der Waals surface area contributed by atoms with Gasteiger partial charge in [-0.05, 0) is 42.7 Å². The number of aromatic nitrogens is 3. The van der Waals surface area contributed by atoms with Gasteiger partial charge in [-0.15, -0.1) is 0 Å². The van der Waals surface area contributed by atoms with Crippen LogP contribution in [0.5, 0.6) is 0 Å². The van der Waals surface area contributed by atoms with E-state index >= 15 is 0 Å². The number of hydrogen-bond acceptors (Lipinski definition) is 3. The van der Waals surface area contributed by atoms with Gasteiger partial charge < -0.3 is 5.32 Å². The molecule has 1 aromatic heterocycles. The van der Waals surface area contributed by atoms with E-state index in [4.69, 9.17) is 0 Å². The Bertz CT molecular complexity index is 858. The number of aryl methyl sites for hydroxylation is 1. The first-order valence-corrected chi connectivity index (χ1v) is 8.04. The molecule has 1 aliphatic carbocycles. The molecule has 5 nitrogen and oxygen atoms in total. The first kappa shape index (κ1) is 14.6. The summed E-state index contributed by atoms with van der Waals surface area (Å²) in [7, 11) is 0. The highest BCUT2D eigenvalue weighted by atomic mass is 16.1. The van der Waals surface area contributed by atoms with Gasteiger partial charge in [0.2, 0.25) is 0 Å². The Morgan fingerprint density at radius 3 is 2.75 bits per heavy atom. The second-order valence-corrected chi connectivity index (χ2v) is 6.17. The fraction of sp³-hybridized carbons (Fsp3) is 0.211. The molecule has 1 heterocycles. The monoisotopic (exact) mass is 318 g/mol. The van der Waals surface area contributed by atoms with Gasteiger partial charge in [-0.2, -0.15) is 5.10 Å². The number of benzene rings is 2. The molecular weight excluding hydrogens is 300 g/mol. The molecule has 4 rings (SSSR count). The first-order valence-electron chi connectivity index (χ1n) is 8.04. The van der Waals surface area contributed by atoms with Crippen LogP contribution in [0.4, 0.5) is 0 Å². The molecule has 1 amide bonds. The minimum absolute atomic E-state index is 0.0129. The molecule has 1 aliphatic rings. The lowest BCUT2D eigenvalue weighted by Gasteiger charge is -2.09. The lowest BCUT2D eigenvalue weighted by atomic mass is 10.1. The maximum atomic E-state index is 12.5. The van der Waals surface area contributed by atoms with Crippen LogP contribution >= 0.6 is 0 Å². The quantitative estimate of drug-likeness (QED) is 0.804. The number of nitrogens with one attached hydrogen (secondary N) is 1. The zero-order valence-electron chi connectivity index (χ0n) is 13.4. The number of carbonyl (C=O) groups is 1. The molecular formula is C19H18N4O. The summed E-state index contributed by atoms with van der Waals surface area (Å²) in [6.45, 7) is 1.94. The van der Waals surface area contributed by atoms with Gasteiger partial charge in [-0.25, -0.2) is 9.67 Å². The molecule has 0 aliphatic heterocycles. The van der Waals surface area contributed by atoms with Crippen molar-refractivity contribution in [2.75, 3.05) is 0 Å². The third-order valence-electron chi connectivity index (χ3n) is 4.47. The number of amides is 1. The molecule has 120 valence electrons. The summed E-state index contributed by atoms with van der Waals surface area (Å²) in [6.07, 6.45) is 4.14. The van der Waals surface area contributed by atoms with E-state index in [1.54, 1.807) is 11.0 Å². The van der Waals surface area contributed by atoms with Gasteiger partial charge >= 0.3 is 0 Å². The molecule has 1 saturated carbocycles. The first-order chi connectivity index (χ1) is 11.7. The van der Waals surface area contributed by atoms with Gasteiger partial charge in [0.25, 0.3) is 5.91 Å². The fourth-order valence-corrected chi connectivity index (χ4v) is 3.06. The summed E-state index contributed by atoms with van der Waals surface area (Å²) < 4.78 is 1.68. The van der Waals surface area contributed by atoms with Gasteiger partial charge in [-0.3, -0.25) is 4.79 Å². The number of nitrogens with zero attached hydrogens (tertiary/aromatic N) is 3. The van der Waals surface area contributed by atoms with Crippen molar-refractivity contribution in [3.63, 3.8) is 0 Å². The summed E-state index contributed by atoms with van der Waals surface area (Å²) >= 11 is 0. The molecule has 0 spiro atoms. The van der Waals surface area contributed by atoms with Crippen LogP contribution in [0.15, 0.2) is 61.2 Å². The molecule has 24 heavy (non-hydrogen) atoms. The third kappa shape index (κ3) is 2.80. The summed E-state index contributed by atoms with van der Waals surface area (Å²) in [5, 5.41) is 7.25. The number of rotatable bonds is 4. The van der Waals surface area contributed by atoms with Crippen LogP contribution < -0.4 is 5.32 Å². The molecule has 1 N–H and O–H groups in total. The molecule has 0 unspecified atom stereocenters. The predicted octanol–water partition coefficient (Wildman–Crippen LogP) is 2.86. The molecule has 2 aromatic carbocycles. The van der Waals surface area contributed by atoms with Gasteiger partial charge in [0.1, 0.15) is 12.7 Å². The molecule has 0 radical (unpaired) electrons. The molecule has 0 bridgehead atoms. The lowest BCUT2D eigenvalue weighted by molar-refractivity contribution is 0.0949. The third-order valence-corrected chi connectivity index (χ3v) is 4.47. The normalized spacial score (nSPS) is 19.0. The van der Waals surface area contributed by atoms with Crippen molar-refractivity contribution in [2.45, 2.75) is 25.3 Å². The van der Waals surface area contributed by atoms with Crippen molar-refractivity contribution < 1.29 is 4.79 Å². The summed E-state index contributed by atoms with van der Waals surface area (Å²) in [5.41, 5.74) is 3.83. The molecule has 2 atom stereocenters. The zero-order valence-corrected chi connectivity index (χ0v) is 13.4.